The van der Waals surface area contributed by atoms with Crippen molar-refractivity contribution in [3.05, 3.63) is 30.1 Å². The molecule has 0 unspecified atom stereocenters. The fourth-order valence-corrected chi connectivity index (χ4v) is 1.23. The minimum absolute atomic E-state index is 0.0885. The first-order valence-electron chi connectivity index (χ1n) is 5.18. The van der Waals surface area contributed by atoms with Gasteiger partial charge in [0.15, 0.2) is 0 Å². The third-order valence-electron chi connectivity index (χ3n) is 2.35. The highest BCUT2D eigenvalue weighted by Gasteiger charge is 2.12. The average molecular weight is 235 g/mol. The largest absolute Gasteiger partial charge is 0.325 e. The van der Waals surface area contributed by atoms with E-state index in [4.69, 9.17) is 5.26 Å². The Bertz CT molecular complexity index is 442. The van der Waals surface area contributed by atoms with Crippen molar-refractivity contribution in [3.63, 3.8) is 0 Å². The summed E-state index contributed by atoms with van der Waals surface area (Å²) in [6.07, 6.45) is 0. The number of anilines is 1. The van der Waals surface area contributed by atoms with Gasteiger partial charge in [-0.1, -0.05) is 6.07 Å². The standard InChI is InChI=1S/C12H14FN3O/c1-9(7-14)16(2)8-12(17)15-11-5-3-4-10(13)6-11/h3-6,9H,8H2,1-2H3,(H,15,17)/t9-/m0/s1. The molecule has 0 aliphatic rings. The first-order valence-corrected chi connectivity index (χ1v) is 5.18. The van der Waals surface area contributed by atoms with Crippen molar-refractivity contribution in [2.45, 2.75) is 13.0 Å². The van der Waals surface area contributed by atoms with Gasteiger partial charge in [0.2, 0.25) is 5.91 Å². The smallest absolute Gasteiger partial charge is 0.238 e. The van der Waals surface area contributed by atoms with Gasteiger partial charge in [0, 0.05) is 5.69 Å². The summed E-state index contributed by atoms with van der Waals surface area (Å²) in [7, 11) is 1.68. The molecule has 4 nitrogen and oxygen atoms in total. The number of nitrogens with zero attached hydrogens (tertiary/aromatic N) is 2. The van der Waals surface area contributed by atoms with Crippen molar-refractivity contribution in [2.75, 3.05) is 18.9 Å². The molecule has 0 saturated carbocycles. The minimum atomic E-state index is -0.401. The highest BCUT2D eigenvalue weighted by atomic mass is 19.1. The van der Waals surface area contributed by atoms with Crippen LogP contribution in [0.4, 0.5) is 10.1 Å². The summed E-state index contributed by atoms with van der Waals surface area (Å²) in [4.78, 5) is 13.2. The number of likely N-dealkylation sites (N-methyl/N-ethyl adjacent to an activating group) is 1. The highest BCUT2D eigenvalue weighted by Crippen LogP contribution is 2.09. The molecule has 0 spiro atoms. The van der Waals surface area contributed by atoms with Crippen LogP contribution in [-0.4, -0.2) is 30.4 Å². The average Bonchev–Trinajstić information content (AvgIpc) is 2.27. The zero-order valence-corrected chi connectivity index (χ0v) is 9.77. The van der Waals surface area contributed by atoms with Crippen molar-refractivity contribution in [1.82, 2.24) is 4.90 Å². The van der Waals surface area contributed by atoms with Gasteiger partial charge >= 0.3 is 0 Å². The van der Waals surface area contributed by atoms with Gasteiger partial charge in [0.05, 0.1) is 18.7 Å². The molecule has 0 radical (unpaired) electrons. The second-order valence-corrected chi connectivity index (χ2v) is 3.78. The first-order chi connectivity index (χ1) is 8.02. The Morgan fingerprint density at radius 2 is 2.35 bits per heavy atom. The Labute approximate surface area is 99.7 Å². The van der Waals surface area contributed by atoms with Crippen molar-refractivity contribution < 1.29 is 9.18 Å². The number of rotatable bonds is 4. The lowest BCUT2D eigenvalue weighted by Crippen LogP contribution is -2.35. The molecule has 1 N–H and O–H groups in total. The molecule has 0 bridgehead atoms. The Morgan fingerprint density at radius 1 is 1.65 bits per heavy atom. The van der Waals surface area contributed by atoms with Crippen LogP contribution in [0.25, 0.3) is 0 Å². The Kier molecular flexibility index (Phi) is 4.61. The lowest BCUT2D eigenvalue weighted by Gasteiger charge is -2.18. The second kappa shape index (κ2) is 5.97. The predicted octanol–water partition coefficient (Wildman–Crippen LogP) is 1.61. The third-order valence-corrected chi connectivity index (χ3v) is 2.35. The summed E-state index contributed by atoms with van der Waals surface area (Å²) in [6.45, 7) is 1.79. The van der Waals surface area contributed by atoms with Crippen LogP contribution in [0.1, 0.15) is 6.92 Å². The fourth-order valence-electron chi connectivity index (χ4n) is 1.23. The van der Waals surface area contributed by atoms with Crippen molar-refractivity contribution in [2.24, 2.45) is 0 Å². The van der Waals surface area contributed by atoms with E-state index in [0.29, 0.717) is 5.69 Å². The van der Waals surface area contributed by atoms with E-state index in [1.807, 2.05) is 6.07 Å². The maximum absolute atomic E-state index is 12.9. The molecule has 5 heteroatoms. The van der Waals surface area contributed by atoms with E-state index in [0.717, 1.165) is 0 Å². The van der Waals surface area contributed by atoms with Gasteiger partial charge in [-0.3, -0.25) is 9.69 Å². The summed E-state index contributed by atoms with van der Waals surface area (Å²) >= 11 is 0. The number of carbonyl (C=O) groups is 1. The number of carbonyl (C=O) groups excluding carboxylic acids is 1. The van der Waals surface area contributed by atoms with E-state index < -0.39 is 5.82 Å². The van der Waals surface area contributed by atoms with Gasteiger partial charge in [-0.05, 0) is 32.2 Å². The molecule has 0 fully saturated rings. The van der Waals surface area contributed by atoms with Crippen molar-refractivity contribution >= 4 is 11.6 Å². The molecule has 90 valence electrons. The summed E-state index contributed by atoms with van der Waals surface area (Å²) in [6, 6.07) is 7.36. The molecule has 0 aliphatic carbocycles. The Morgan fingerprint density at radius 3 is 2.94 bits per heavy atom. The molecular formula is C12H14FN3O. The van der Waals surface area contributed by atoms with E-state index in [-0.39, 0.29) is 18.5 Å². The number of nitrogens with one attached hydrogen (secondary N) is 1. The van der Waals surface area contributed by atoms with Crippen LogP contribution in [0, 0.1) is 17.1 Å². The summed E-state index contributed by atoms with van der Waals surface area (Å²) in [5.41, 5.74) is 0.410. The molecule has 0 heterocycles. The van der Waals surface area contributed by atoms with Gasteiger partial charge in [0.1, 0.15) is 5.82 Å². The third kappa shape index (κ3) is 4.21. The van der Waals surface area contributed by atoms with Crippen LogP contribution in [0.15, 0.2) is 24.3 Å². The van der Waals surface area contributed by atoms with Crippen molar-refractivity contribution in [1.29, 1.82) is 5.26 Å². The molecule has 0 saturated heterocycles. The van der Waals surface area contributed by atoms with Crippen molar-refractivity contribution in [3.8, 4) is 6.07 Å². The van der Waals surface area contributed by atoms with Gasteiger partial charge in [-0.25, -0.2) is 4.39 Å². The molecule has 1 aromatic carbocycles. The highest BCUT2D eigenvalue weighted by molar-refractivity contribution is 5.92. The number of amides is 1. The minimum Gasteiger partial charge on any atom is -0.325 e. The molecule has 0 aromatic heterocycles. The molecule has 1 amide bonds. The lowest BCUT2D eigenvalue weighted by atomic mass is 10.3. The zero-order valence-electron chi connectivity index (χ0n) is 9.77. The molecule has 1 atom stereocenters. The maximum Gasteiger partial charge on any atom is 0.238 e. The number of nitriles is 1. The molecule has 1 rings (SSSR count). The van der Waals surface area contributed by atoms with Crippen LogP contribution < -0.4 is 5.32 Å². The van der Waals surface area contributed by atoms with Gasteiger partial charge < -0.3 is 5.32 Å². The van der Waals surface area contributed by atoms with Crippen LogP contribution in [0.5, 0.6) is 0 Å². The maximum atomic E-state index is 12.9. The fraction of sp³-hybridized carbons (Fsp3) is 0.333. The Balaban J connectivity index is 2.53. The summed E-state index contributed by atoms with van der Waals surface area (Å²) in [5.74, 6) is -0.679. The lowest BCUT2D eigenvalue weighted by molar-refractivity contribution is -0.117. The van der Waals surface area contributed by atoms with E-state index >= 15 is 0 Å². The van der Waals surface area contributed by atoms with Crippen LogP contribution >= 0.6 is 0 Å². The SMILES string of the molecule is C[C@@H](C#N)N(C)CC(=O)Nc1cccc(F)c1. The summed E-state index contributed by atoms with van der Waals surface area (Å²) in [5, 5.41) is 11.2. The summed E-state index contributed by atoms with van der Waals surface area (Å²) < 4.78 is 12.9. The number of halogens is 1. The topological polar surface area (TPSA) is 56.1 Å². The van der Waals surface area contributed by atoms with Crippen LogP contribution in [-0.2, 0) is 4.79 Å². The Hall–Kier alpha value is -1.93. The quantitative estimate of drug-likeness (QED) is 0.862. The van der Waals surface area contributed by atoms with Gasteiger partial charge in [-0.2, -0.15) is 5.26 Å². The normalized spacial score (nSPS) is 11.9. The molecular weight excluding hydrogens is 221 g/mol. The first kappa shape index (κ1) is 13.1. The van der Waals surface area contributed by atoms with Crippen LogP contribution in [0.2, 0.25) is 0 Å². The van der Waals surface area contributed by atoms with E-state index in [1.165, 1.54) is 18.2 Å². The predicted molar refractivity (Wildman–Crippen MR) is 62.7 cm³/mol. The number of hydrogen-bond acceptors (Lipinski definition) is 3. The number of benzene rings is 1. The van der Waals surface area contributed by atoms with E-state index in [1.54, 1.807) is 24.9 Å². The molecule has 0 aliphatic heterocycles. The van der Waals surface area contributed by atoms with Gasteiger partial charge in [-0.15, -0.1) is 0 Å². The number of hydrogen-bond donors (Lipinski definition) is 1. The second-order valence-electron chi connectivity index (χ2n) is 3.78. The zero-order chi connectivity index (χ0) is 12.8. The van der Waals surface area contributed by atoms with E-state index in [9.17, 15) is 9.18 Å². The van der Waals surface area contributed by atoms with Gasteiger partial charge in [0.25, 0.3) is 0 Å². The molecule has 1 aromatic rings. The van der Waals surface area contributed by atoms with E-state index in [2.05, 4.69) is 5.32 Å². The molecule has 17 heavy (non-hydrogen) atoms. The van der Waals surface area contributed by atoms with Crippen LogP contribution in [0.3, 0.4) is 0 Å². The monoisotopic (exact) mass is 235 g/mol.